The summed E-state index contributed by atoms with van der Waals surface area (Å²) in [5, 5.41) is 0.0778. The Morgan fingerprint density at radius 3 is 2.20 bits per heavy atom. The highest BCUT2D eigenvalue weighted by molar-refractivity contribution is 7.89. The molecule has 0 N–H and O–H groups in total. The summed E-state index contributed by atoms with van der Waals surface area (Å²) in [4.78, 5) is 26.8. The number of rotatable bonds is 9. The highest BCUT2D eigenvalue weighted by Crippen LogP contribution is 2.25. The molecule has 0 aliphatic carbocycles. The van der Waals surface area contributed by atoms with Crippen LogP contribution in [-0.2, 0) is 19.6 Å². The van der Waals surface area contributed by atoms with Gasteiger partial charge in [0.25, 0.3) is 5.91 Å². The van der Waals surface area contributed by atoms with Crippen molar-refractivity contribution < 1.29 is 22.7 Å². The maximum absolute atomic E-state index is 12.8. The first-order chi connectivity index (χ1) is 14.0. The Balaban J connectivity index is 2.12. The summed E-state index contributed by atoms with van der Waals surface area (Å²) < 4.78 is 32.1. The topological polar surface area (TPSA) is 84.0 Å². The van der Waals surface area contributed by atoms with E-state index in [-0.39, 0.29) is 33.2 Å². The molecular formula is C21H31ClN2O5S. The first kappa shape index (κ1) is 24.6. The van der Waals surface area contributed by atoms with Crippen LogP contribution in [0.5, 0.6) is 0 Å². The molecular weight excluding hydrogens is 428 g/mol. The van der Waals surface area contributed by atoms with Crippen molar-refractivity contribution in [2.24, 2.45) is 11.8 Å². The summed E-state index contributed by atoms with van der Waals surface area (Å²) in [6.07, 6.45) is 1.63. The molecule has 0 bridgehead atoms. The van der Waals surface area contributed by atoms with E-state index in [1.54, 1.807) is 4.90 Å². The summed E-state index contributed by atoms with van der Waals surface area (Å²) in [5.74, 6) is -0.542. The molecule has 0 aromatic heterocycles. The van der Waals surface area contributed by atoms with Gasteiger partial charge in [-0.2, -0.15) is 4.31 Å². The van der Waals surface area contributed by atoms with Gasteiger partial charge in [0.15, 0.2) is 6.61 Å². The van der Waals surface area contributed by atoms with Gasteiger partial charge in [-0.3, -0.25) is 4.79 Å². The molecule has 1 aliphatic heterocycles. The Kier molecular flexibility index (Phi) is 8.70. The van der Waals surface area contributed by atoms with Crippen molar-refractivity contribution in [1.29, 1.82) is 0 Å². The molecule has 2 rings (SSSR count). The fourth-order valence-corrected chi connectivity index (χ4v) is 5.09. The lowest BCUT2D eigenvalue weighted by atomic mass is 10.1. The maximum Gasteiger partial charge on any atom is 0.340 e. The van der Waals surface area contributed by atoms with Crippen LogP contribution in [0.25, 0.3) is 0 Å². The van der Waals surface area contributed by atoms with Crippen LogP contribution in [0.3, 0.4) is 0 Å². The fraction of sp³-hybridized carbons (Fsp3) is 0.619. The molecule has 1 amide bonds. The third-order valence-corrected chi connectivity index (χ3v) is 6.94. The Morgan fingerprint density at radius 1 is 1.10 bits per heavy atom. The lowest BCUT2D eigenvalue weighted by Gasteiger charge is -2.26. The molecule has 1 heterocycles. The van der Waals surface area contributed by atoms with Crippen LogP contribution in [0.15, 0.2) is 23.1 Å². The Hall–Kier alpha value is -1.64. The Labute approximate surface area is 184 Å². The molecule has 0 spiro atoms. The second kappa shape index (κ2) is 10.6. The predicted octanol–water partition coefficient (Wildman–Crippen LogP) is 3.42. The lowest BCUT2D eigenvalue weighted by molar-refractivity contribution is -0.135. The van der Waals surface area contributed by atoms with Gasteiger partial charge >= 0.3 is 5.97 Å². The highest BCUT2D eigenvalue weighted by Gasteiger charge is 2.29. The zero-order chi connectivity index (χ0) is 22.5. The van der Waals surface area contributed by atoms with E-state index in [2.05, 4.69) is 0 Å². The third kappa shape index (κ3) is 6.43. The Morgan fingerprint density at radius 2 is 1.67 bits per heavy atom. The molecule has 30 heavy (non-hydrogen) atoms. The summed E-state index contributed by atoms with van der Waals surface area (Å²) in [6.45, 7) is 9.69. The van der Waals surface area contributed by atoms with Crippen LogP contribution in [0.1, 0.15) is 50.9 Å². The summed E-state index contributed by atoms with van der Waals surface area (Å²) >= 11 is 6.11. The van der Waals surface area contributed by atoms with E-state index in [0.717, 1.165) is 12.8 Å². The van der Waals surface area contributed by atoms with Crippen molar-refractivity contribution in [3.05, 3.63) is 28.8 Å². The largest absolute Gasteiger partial charge is 0.452 e. The van der Waals surface area contributed by atoms with Gasteiger partial charge in [0, 0.05) is 26.2 Å². The van der Waals surface area contributed by atoms with Crippen molar-refractivity contribution in [2.75, 3.05) is 32.8 Å². The zero-order valence-corrected chi connectivity index (χ0v) is 19.6. The van der Waals surface area contributed by atoms with Crippen LogP contribution in [0.4, 0.5) is 0 Å². The molecule has 7 nitrogen and oxygen atoms in total. The number of esters is 1. The van der Waals surface area contributed by atoms with Gasteiger partial charge < -0.3 is 9.64 Å². The number of benzene rings is 1. The van der Waals surface area contributed by atoms with Crippen molar-refractivity contribution in [3.8, 4) is 0 Å². The Bertz CT molecular complexity index is 854. The number of nitrogens with zero attached hydrogens (tertiary/aromatic N) is 2. The number of hydrogen-bond acceptors (Lipinski definition) is 5. The molecule has 1 aromatic carbocycles. The second-order valence-corrected chi connectivity index (χ2v) is 10.8. The van der Waals surface area contributed by atoms with Crippen molar-refractivity contribution in [2.45, 2.75) is 45.4 Å². The van der Waals surface area contributed by atoms with Gasteiger partial charge in [0.2, 0.25) is 10.0 Å². The molecule has 1 fully saturated rings. The van der Waals surface area contributed by atoms with Gasteiger partial charge in [-0.25, -0.2) is 13.2 Å². The predicted molar refractivity (Wildman–Crippen MR) is 116 cm³/mol. The van der Waals surface area contributed by atoms with Gasteiger partial charge in [-0.05, 0) is 42.9 Å². The number of carbonyl (C=O) groups is 2. The summed E-state index contributed by atoms with van der Waals surface area (Å²) in [6, 6.07) is 3.97. The standard InChI is InChI=1S/C21H31ClN2O5S/c1-15(2)12-23(13-16(3)4)20(25)14-29-21(26)18-11-17(7-8-19(18)22)30(27,28)24-9-5-6-10-24/h7-8,11,15-16H,5-6,9-10,12-14H2,1-4H3. The minimum atomic E-state index is -3.69. The van der Waals surface area contributed by atoms with Crippen molar-refractivity contribution in [3.63, 3.8) is 0 Å². The second-order valence-electron chi connectivity index (χ2n) is 8.42. The van der Waals surface area contributed by atoms with Gasteiger partial charge in [-0.1, -0.05) is 39.3 Å². The van der Waals surface area contributed by atoms with Crippen LogP contribution in [-0.4, -0.2) is 62.3 Å². The van der Waals surface area contributed by atoms with E-state index < -0.39 is 22.6 Å². The monoisotopic (exact) mass is 458 g/mol. The van der Waals surface area contributed by atoms with Crippen LogP contribution < -0.4 is 0 Å². The van der Waals surface area contributed by atoms with E-state index in [1.165, 1.54) is 22.5 Å². The average Bonchev–Trinajstić information content (AvgIpc) is 3.20. The lowest BCUT2D eigenvalue weighted by Crippen LogP contribution is -2.39. The van der Waals surface area contributed by atoms with E-state index in [4.69, 9.17) is 16.3 Å². The molecule has 0 radical (unpaired) electrons. The number of halogens is 1. The quantitative estimate of drug-likeness (QED) is 0.529. The van der Waals surface area contributed by atoms with Crippen molar-refractivity contribution in [1.82, 2.24) is 9.21 Å². The third-order valence-electron chi connectivity index (χ3n) is 4.71. The zero-order valence-electron chi connectivity index (χ0n) is 18.1. The summed E-state index contributed by atoms with van der Waals surface area (Å²) in [5.41, 5.74) is -0.0657. The fourth-order valence-electron chi connectivity index (χ4n) is 3.35. The van der Waals surface area contributed by atoms with E-state index in [1.807, 2.05) is 27.7 Å². The molecule has 0 atom stereocenters. The minimum Gasteiger partial charge on any atom is -0.452 e. The molecule has 0 saturated carbocycles. The number of carbonyl (C=O) groups excluding carboxylic acids is 2. The molecule has 1 aromatic rings. The van der Waals surface area contributed by atoms with E-state index >= 15 is 0 Å². The number of hydrogen-bond donors (Lipinski definition) is 0. The molecule has 9 heteroatoms. The van der Waals surface area contributed by atoms with Crippen LogP contribution >= 0.6 is 11.6 Å². The molecule has 1 saturated heterocycles. The first-order valence-electron chi connectivity index (χ1n) is 10.3. The SMILES string of the molecule is CC(C)CN(CC(C)C)C(=O)COC(=O)c1cc(S(=O)(=O)N2CCCC2)ccc1Cl. The highest BCUT2D eigenvalue weighted by atomic mass is 35.5. The summed E-state index contributed by atoms with van der Waals surface area (Å²) in [7, 11) is -3.69. The van der Waals surface area contributed by atoms with E-state index in [9.17, 15) is 18.0 Å². The van der Waals surface area contributed by atoms with Gasteiger partial charge in [0.05, 0.1) is 15.5 Å². The molecule has 1 aliphatic rings. The molecule has 168 valence electrons. The number of amides is 1. The first-order valence-corrected chi connectivity index (χ1v) is 12.1. The smallest absolute Gasteiger partial charge is 0.340 e. The minimum absolute atomic E-state index is 0.00619. The number of ether oxygens (including phenoxy) is 1. The average molecular weight is 459 g/mol. The molecule has 0 unspecified atom stereocenters. The van der Waals surface area contributed by atoms with Crippen molar-refractivity contribution >= 4 is 33.5 Å². The van der Waals surface area contributed by atoms with Gasteiger partial charge in [-0.15, -0.1) is 0 Å². The maximum atomic E-state index is 12.8. The van der Waals surface area contributed by atoms with Crippen LogP contribution in [0, 0.1) is 11.8 Å². The number of sulfonamides is 1. The van der Waals surface area contributed by atoms with Crippen LogP contribution in [0.2, 0.25) is 5.02 Å². The van der Waals surface area contributed by atoms with Gasteiger partial charge in [0.1, 0.15) is 0 Å². The van der Waals surface area contributed by atoms with E-state index in [0.29, 0.717) is 26.2 Å². The normalized spacial score (nSPS) is 15.0.